The number of fused-ring (bicyclic) bond motifs is 3. The van der Waals surface area contributed by atoms with Gasteiger partial charge in [-0.1, -0.05) is 12.2 Å². The third-order valence-corrected chi connectivity index (χ3v) is 6.80. The Morgan fingerprint density at radius 2 is 1.92 bits per heavy atom. The van der Waals surface area contributed by atoms with Gasteiger partial charge in [0.25, 0.3) is 0 Å². The molecular formula is C18H19NO5S. The van der Waals surface area contributed by atoms with Gasteiger partial charge in [-0.05, 0) is 43.1 Å². The second-order valence-electron chi connectivity index (χ2n) is 6.88. The molecule has 0 spiro atoms. The molecule has 25 heavy (non-hydrogen) atoms. The number of nitrogens with one attached hydrogen (secondary N) is 1. The van der Waals surface area contributed by atoms with Gasteiger partial charge in [0.1, 0.15) is 5.00 Å². The van der Waals surface area contributed by atoms with Gasteiger partial charge in [-0.25, -0.2) is 4.79 Å². The number of aliphatic carboxylic acids is 1. The maximum Gasteiger partial charge on any atom is 0.341 e. The topological polar surface area (TPSA) is 92.7 Å². The molecule has 0 aromatic carbocycles. The second kappa shape index (κ2) is 5.98. The molecule has 0 aliphatic heterocycles. The predicted octanol–water partition coefficient (Wildman–Crippen LogP) is 2.48. The van der Waals surface area contributed by atoms with Gasteiger partial charge in [0, 0.05) is 4.88 Å². The minimum absolute atomic E-state index is 0.0421. The number of rotatable bonds is 4. The summed E-state index contributed by atoms with van der Waals surface area (Å²) in [5.41, 5.74) is 1.41. The van der Waals surface area contributed by atoms with E-state index in [4.69, 9.17) is 4.74 Å². The number of hydrogen-bond donors (Lipinski definition) is 2. The third kappa shape index (κ3) is 2.49. The quantitative estimate of drug-likeness (QED) is 0.635. The van der Waals surface area contributed by atoms with Gasteiger partial charge in [0.2, 0.25) is 5.91 Å². The lowest BCUT2D eigenvalue weighted by molar-refractivity contribution is -0.146. The largest absolute Gasteiger partial charge is 0.481 e. The highest BCUT2D eigenvalue weighted by atomic mass is 32.1. The number of carboxylic acid groups (broad SMARTS) is 1. The maximum absolute atomic E-state index is 12.9. The summed E-state index contributed by atoms with van der Waals surface area (Å²) in [6.07, 6.45) is 7.27. The number of allylic oxidation sites excluding steroid dienone is 2. The van der Waals surface area contributed by atoms with Crippen LogP contribution in [-0.4, -0.2) is 30.1 Å². The first kappa shape index (κ1) is 16.3. The summed E-state index contributed by atoms with van der Waals surface area (Å²) in [5.74, 6) is -3.09. The molecule has 1 aromatic heterocycles. The molecule has 2 N–H and O–H groups in total. The predicted molar refractivity (Wildman–Crippen MR) is 91.7 cm³/mol. The van der Waals surface area contributed by atoms with Crippen LogP contribution in [-0.2, 0) is 27.2 Å². The second-order valence-corrected chi connectivity index (χ2v) is 7.99. The number of carboxylic acids is 1. The van der Waals surface area contributed by atoms with Crippen LogP contribution in [0, 0.1) is 23.7 Å². The standard InChI is InChI=1S/C18H19NO5S/c1-24-18(23)14-10-3-2-4-11(10)25-16(14)19-15(20)12-8-5-6-9(7-8)13(12)17(21)22/h5-6,8-9,12-13H,2-4,7H2,1H3,(H,19,20)(H,21,22)/t8-,9+,12-,13+/m1/s1. The van der Waals surface area contributed by atoms with Gasteiger partial charge in [0.05, 0.1) is 24.5 Å². The monoisotopic (exact) mass is 361 g/mol. The number of thiophene rings is 1. The zero-order valence-electron chi connectivity index (χ0n) is 13.8. The number of hydrogen-bond acceptors (Lipinski definition) is 5. The molecule has 7 heteroatoms. The minimum Gasteiger partial charge on any atom is -0.481 e. The van der Waals surface area contributed by atoms with Crippen molar-refractivity contribution in [2.75, 3.05) is 12.4 Å². The lowest BCUT2D eigenvalue weighted by Crippen LogP contribution is -2.36. The van der Waals surface area contributed by atoms with Crippen LogP contribution in [0.4, 0.5) is 5.00 Å². The van der Waals surface area contributed by atoms with E-state index in [1.165, 1.54) is 18.4 Å². The molecule has 6 nitrogen and oxygen atoms in total. The molecule has 1 heterocycles. The summed E-state index contributed by atoms with van der Waals surface area (Å²) in [6, 6.07) is 0. The molecule has 132 valence electrons. The number of methoxy groups -OCH3 is 1. The van der Waals surface area contributed by atoms with E-state index in [0.717, 1.165) is 29.7 Å². The first-order valence-corrected chi connectivity index (χ1v) is 9.27. The van der Waals surface area contributed by atoms with Crippen molar-refractivity contribution >= 4 is 34.2 Å². The van der Waals surface area contributed by atoms with Gasteiger partial charge >= 0.3 is 11.9 Å². The van der Waals surface area contributed by atoms with Gasteiger partial charge < -0.3 is 15.2 Å². The van der Waals surface area contributed by atoms with Gasteiger partial charge in [-0.3, -0.25) is 9.59 Å². The van der Waals surface area contributed by atoms with Crippen molar-refractivity contribution in [2.45, 2.75) is 25.7 Å². The number of aryl methyl sites for hydroxylation is 1. The molecule has 1 saturated carbocycles. The van der Waals surface area contributed by atoms with Crippen molar-refractivity contribution in [3.63, 3.8) is 0 Å². The molecule has 3 aliphatic rings. The van der Waals surface area contributed by atoms with Crippen molar-refractivity contribution < 1.29 is 24.2 Å². The fourth-order valence-electron chi connectivity index (χ4n) is 4.52. The van der Waals surface area contributed by atoms with E-state index >= 15 is 0 Å². The SMILES string of the molecule is COC(=O)c1c(NC(=O)[C@H]2[C@@H](C(=O)O)[C@H]3C=C[C@@H]2C3)sc2c1CCC2. The highest BCUT2D eigenvalue weighted by molar-refractivity contribution is 7.17. The van der Waals surface area contributed by atoms with Crippen molar-refractivity contribution in [3.8, 4) is 0 Å². The maximum atomic E-state index is 12.9. The zero-order valence-corrected chi connectivity index (χ0v) is 14.6. The van der Waals surface area contributed by atoms with E-state index in [9.17, 15) is 19.5 Å². The molecule has 0 saturated heterocycles. The van der Waals surface area contributed by atoms with E-state index in [-0.39, 0.29) is 17.7 Å². The van der Waals surface area contributed by atoms with Gasteiger partial charge in [0.15, 0.2) is 0 Å². The third-order valence-electron chi connectivity index (χ3n) is 5.59. The number of carbonyl (C=O) groups excluding carboxylic acids is 2. The molecule has 1 fully saturated rings. The van der Waals surface area contributed by atoms with E-state index in [1.807, 2.05) is 12.2 Å². The fraction of sp³-hybridized carbons (Fsp3) is 0.500. The Bertz CT molecular complexity index is 796. The minimum atomic E-state index is -0.932. The zero-order chi connectivity index (χ0) is 17.7. The summed E-state index contributed by atoms with van der Waals surface area (Å²) in [4.78, 5) is 37.8. The van der Waals surface area contributed by atoms with Crippen molar-refractivity contribution in [1.29, 1.82) is 0 Å². The first-order chi connectivity index (χ1) is 12.0. The van der Waals surface area contributed by atoms with Crippen LogP contribution < -0.4 is 5.32 Å². The molecule has 4 atom stereocenters. The van der Waals surface area contributed by atoms with Gasteiger partial charge in [-0.2, -0.15) is 0 Å². The Morgan fingerprint density at radius 3 is 2.60 bits per heavy atom. The van der Waals surface area contributed by atoms with Crippen LogP contribution in [0.15, 0.2) is 12.2 Å². The fourth-order valence-corrected chi connectivity index (χ4v) is 5.80. The van der Waals surface area contributed by atoms with Crippen LogP contribution in [0.25, 0.3) is 0 Å². The van der Waals surface area contributed by atoms with Gasteiger partial charge in [-0.15, -0.1) is 11.3 Å². The molecule has 1 aromatic rings. The summed E-state index contributed by atoms with van der Waals surface area (Å²) in [7, 11) is 1.33. The number of carbonyl (C=O) groups is 3. The summed E-state index contributed by atoms with van der Waals surface area (Å²) in [6.45, 7) is 0. The Balaban J connectivity index is 1.63. The van der Waals surface area contributed by atoms with E-state index in [1.54, 1.807) is 0 Å². The number of amides is 1. The van der Waals surface area contributed by atoms with Crippen molar-refractivity contribution in [2.24, 2.45) is 23.7 Å². The van der Waals surface area contributed by atoms with E-state index < -0.39 is 23.8 Å². The molecule has 1 amide bonds. The smallest absolute Gasteiger partial charge is 0.341 e. The first-order valence-electron chi connectivity index (χ1n) is 8.46. The molecular weight excluding hydrogens is 342 g/mol. The lowest BCUT2D eigenvalue weighted by Gasteiger charge is -2.23. The average Bonchev–Trinajstić information content (AvgIpc) is 3.32. The highest BCUT2D eigenvalue weighted by Gasteiger charge is 2.51. The van der Waals surface area contributed by atoms with Crippen LogP contribution in [0.3, 0.4) is 0 Å². The summed E-state index contributed by atoms with van der Waals surface area (Å²) >= 11 is 1.41. The highest BCUT2D eigenvalue weighted by Crippen LogP contribution is 2.49. The summed E-state index contributed by atoms with van der Waals surface area (Å²) in [5, 5.41) is 12.9. The molecule has 0 radical (unpaired) electrons. The number of anilines is 1. The molecule has 4 rings (SSSR count). The Labute approximate surface area is 148 Å². The molecule has 2 bridgehead atoms. The van der Waals surface area contributed by atoms with E-state index in [2.05, 4.69) is 5.32 Å². The molecule has 3 aliphatic carbocycles. The Hall–Kier alpha value is -2.15. The molecule has 0 unspecified atom stereocenters. The normalized spacial score (nSPS) is 28.8. The number of ether oxygens (including phenoxy) is 1. The lowest BCUT2D eigenvalue weighted by atomic mass is 9.82. The van der Waals surface area contributed by atoms with E-state index in [0.29, 0.717) is 17.0 Å². The van der Waals surface area contributed by atoms with Crippen molar-refractivity contribution in [3.05, 3.63) is 28.2 Å². The summed E-state index contributed by atoms with van der Waals surface area (Å²) < 4.78 is 4.89. The van der Waals surface area contributed by atoms with Crippen LogP contribution in [0.5, 0.6) is 0 Å². The van der Waals surface area contributed by atoms with Crippen molar-refractivity contribution in [1.82, 2.24) is 0 Å². The Kier molecular flexibility index (Phi) is 3.91. The van der Waals surface area contributed by atoms with Crippen LogP contribution in [0.2, 0.25) is 0 Å². The van der Waals surface area contributed by atoms with Crippen LogP contribution >= 0.6 is 11.3 Å². The van der Waals surface area contributed by atoms with Crippen LogP contribution in [0.1, 0.15) is 33.6 Å². The number of esters is 1. The Morgan fingerprint density at radius 1 is 1.20 bits per heavy atom. The average molecular weight is 361 g/mol.